The second kappa shape index (κ2) is 7.53. The summed E-state index contributed by atoms with van der Waals surface area (Å²) in [4.78, 5) is 23.1. The molecule has 2 aromatic carbocycles. The topological polar surface area (TPSA) is 72.5 Å². The van der Waals surface area contributed by atoms with Crippen molar-refractivity contribution in [3.63, 3.8) is 0 Å². The van der Waals surface area contributed by atoms with Crippen LogP contribution in [0.3, 0.4) is 0 Å². The number of para-hydroxylation sites is 1. The first-order chi connectivity index (χ1) is 13.2. The van der Waals surface area contributed by atoms with Crippen molar-refractivity contribution < 1.29 is 9.90 Å². The fourth-order valence-electron chi connectivity index (χ4n) is 3.73. The quantitative estimate of drug-likeness (QED) is 0.745. The number of nitrogens with one attached hydrogen (secondary N) is 1. The smallest absolute Gasteiger partial charge is 0.407 e. The first-order valence-corrected chi connectivity index (χ1v) is 9.04. The summed E-state index contributed by atoms with van der Waals surface area (Å²) in [6.45, 7) is 1.68. The standard InChI is InChI=1S/C21H22N4O2/c26-21(27)25-12-17-8-4-5-9-20(17)24(13-18-11-22-15-23-18)14-19(25)10-16-6-2-1-3-7-16/h1-9,11,15,19H,10,12-14H2,(H,22,23)(H,26,27). The normalized spacial score (nSPS) is 16.7. The summed E-state index contributed by atoms with van der Waals surface area (Å²) in [6.07, 6.45) is 3.29. The van der Waals surface area contributed by atoms with Crippen LogP contribution >= 0.6 is 0 Å². The summed E-state index contributed by atoms with van der Waals surface area (Å²) in [5, 5.41) is 9.87. The highest BCUT2D eigenvalue weighted by Crippen LogP contribution is 2.29. The zero-order valence-corrected chi connectivity index (χ0v) is 15.0. The van der Waals surface area contributed by atoms with Crippen LogP contribution in [0, 0.1) is 0 Å². The number of anilines is 1. The maximum absolute atomic E-state index is 12.0. The van der Waals surface area contributed by atoms with E-state index in [0.29, 0.717) is 26.1 Å². The summed E-state index contributed by atoms with van der Waals surface area (Å²) in [5.41, 5.74) is 4.25. The van der Waals surface area contributed by atoms with Crippen LogP contribution in [0.1, 0.15) is 16.8 Å². The van der Waals surface area contributed by atoms with Gasteiger partial charge >= 0.3 is 6.09 Å². The first-order valence-electron chi connectivity index (χ1n) is 9.04. The Bertz CT molecular complexity index is 896. The number of carboxylic acid groups (broad SMARTS) is 1. The molecule has 4 rings (SSSR count). The molecule has 138 valence electrons. The van der Waals surface area contributed by atoms with E-state index < -0.39 is 6.09 Å². The van der Waals surface area contributed by atoms with Crippen molar-refractivity contribution in [2.24, 2.45) is 0 Å². The van der Waals surface area contributed by atoms with E-state index in [-0.39, 0.29) is 6.04 Å². The van der Waals surface area contributed by atoms with Crippen LogP contribution < -0.4 is 4.90 Å². The van der Waals surface area contributed by atoms with Crippen LogP contribution in [-0.2, 0) is 19.5 Å². The van der Waals surface area contributed by atoms with E-state index in [0.717, 1.165) is 22.5 Å². The Morgan fingerprint density at radius 2 is 1.93 bits per heavy atom. The number of aromatic amines is 1. The molecule has 27 heavy (non-hydrogen) atoms. The van der Waals surface area contributed by atoms with Crippen molar-refractivity contribution in [3.05, 3.63) is 83.9 Å². The van der Waals surface area contributed by atoms with Gasteiger partial charge in [0.25, 0.3) is 0 Å². The number of fused-ring (bicyclic) bond motifs is 1. The van der Waals surface area contributed by atoms with E-state index in [9.17, 15) is 9.90 Å². The molecule has 0 spiro atoms. The average Bonchev–Trinajstić information content (AvgIpc) is 3.13. The average molecular weight is 362 g/mol. The van der Waals surface area contributed by atoms with E-state index in [2.05, 4.69) is 33.1 Å². The molecule has 2 heterocycles. The Kier molecular flexibility index (Phi) is 4.78. The van der Waals surface area contributed by atoms with Gasteiger partial charge in [0.15, 0.2) is 0 Å². The molecule has 0 saturated carbocycles. The maximum atomic E-state index is 12.0. The van der Waals surface area contributed by atoms with E-state index in [1.807, 2.05) is 42.6 Å². The number of imidazole rings is 1. The lowest BCUT2D eigenvalue weighted by Gasteiger charge is -2.31. The molecule has 0 aliphatic carbocycles. The maximum Gasteiger partial charge on any atom is 0.407 e. The van der Waals surface area contributed by atoms with Crippen molar-refractivity contribution in [2.75, 3.05) is 11.4 Å². The Morgan fingerprint density at radius 1 is 1.15 bits per heavy atom. The van der Waals surface area contributed by atoms with E-state index in [1.54, 1.807) is 11.2 Å². The lowest BCUT2D eigenvalue weighted by Crippen LogP contribution is -2.45. The predicted octanol–water partition coefficient (Wildman–Crippen LogP) is 3.52. The third-order valence-electron chi connectivity index (χ3n) is 5.02. The molecule has 1 amide bonds. The van der Waals surface area contributed by atoms with Crippen molar-refractivity contribution in [1.82, 2.24) is 14.9 Å². The molecular formula is C21H22N4O2. The summed E-state index contributed by atoms with van der Waals surface area (Å²) in [6, 6.07) is 18.0. The minimum absolute atomic E-state index is 0.139. The highest BCUT2D eigenvalue weighted by molar-refractivity contribution is 5.67. The summed E-state index contributed by atoms with van der Waals surface area (Å²) >= 11 is 0. The number of H-pyrrole nitrogens is 1. The number of hydrogen-bond acceptors (Lipinski definition) is 3. The zero-order chi connectivity index (χ0) is 18.6. The lowest BCUT2D eigenvalue weighted by molar-refractivity contribution is 0.123. The molecule has 6 nitrogen and oxygen atoms in total. The van der Waals surface area contributed by atoms with Crippen LogP contribution in [0.2, 0.25) is 0 Å². The van der Waals surface area contributed by atoms with E-state index >= 15 is 0 Å². The largest absolute Gasteiger partial charge is 0.465 e. The molecule has 1 aliphatic heterocycles. The van der Waals surface area contributed by atoms with Crippen LogP contribution in [0.25, 0.3) is 0 Å². The second-order valence-corrected chi connectivity index (χ2v) is 6.84. The van der Waals surface area contributed by atoms with E-state index in [4.69, 9.17) is 0 Å². The van der Waals surface area contributed by atoms with Crippen molar-refractivity contribution in [3.8, 4) is 0 Å². The molecule has 1 atom stereocenters. The lowest BCUT2D eigenvalue weighted by atomic mass is 10.0. The fraction of sp³-hybridized carbons (Fsp3) is 0.238. The number of aromatic nitrogens is 2. The molecular weight excluding hydrogens is 340 g/mol. The van der Waals surface area contributed by atoms with Gasteiger partial charge in [-0.15, -0.1) is 0 Å². The Morgan fingerprint density at radius 3 is 2.67 bits per heavy atom. The monoisotopic (exact) mass is 362 g/mol. The summed E-state index contributed by atoms with van der Waals surface area (Å²) < 4.78 is 0. The van der Waals surface area contributed by atoms with Gasteiger partial charge in [-0.1, -0.05) is 48.5 Å². The number of amides is 1. The number of benzene rings is 2. The van der Waals surface area contributed by atoms with Gasteiger partial charge in [-0.05, 0) is 23.6 Å². The van der Waals surface area contributed by atoms with Gasteiger partial charge < -0.3 is 15.0 Å². The summed E-state index contributed by atoms with van der Waals surface area (Å²) in [7, 11) is 0. The molecule has 3 aromatic rings. The Balaban J connectivity index is 1.69. The molecule has 1 unspecified atom stereocenters. The van der Waals surface area contributed by atoms with Crippen molar-refractivity contribution >= 4 is 11.8 Å². The fourth-order valence-corrected chi connectivity index (χ4v) is 3.73. The van der Waals surface area contributed by atoms with Gasteiger partial charge in [-0.3, -0.25) is 4.90 Å². The van der Waals surface area contributed by atoms with Gasteiger partial charge in [0.05, 0.1) is 31.2 Å². The van der Waals surface area contributed by atoms with Gasteiger partial charge in [-0.2, -0.15) is 0 Å². The Labute approximate surface area is 158 Å². The molecule has 1 aromatic heterocycles. The van der Waals surface area contributed by atoms with Crippen LogP contribution in [-0.4, -0.2) is 38.7 Å². The highest BCUT2D eigenvalue weighted by Gasteiger charge is 2.31. The van der Waals surface area contributed by atoms with Gasteiger partial charge in [0.2, 0.25) is 0 Å². The van der Waals surface area contributed by atoms with Gasteiger partial charge in [0, 0.05) is 18.4 Å². The number of hydrogen-bond donors (Lipinski definition) is 2. The molecule has 2 N–H and O–H groups in total. The van der Waals surface area contributed by atoms with Crippen LogP contribution in [0.15, 0.2) is 67.1 Å². The van der Waals surface area contributed by atoms with Crippen molar-refractivity contribution in [1.29, 1.82) is 0 Å². The first kappa shape index (κ1) is 17.1. The molecule has 0 saturated heterocycles. The molecule has 1 aliphatic rings. The van der Waals surface area contributed by atoms with Gasteiger partial charge in [-0.25, -0.2) is 9.78 Å². The minimum Gasteiger partial charge on any atom is -0.465 e. The minimum atomic E-state index is -0.880. The van der Waals surface area contributed by atoms with Gasteiger partial charge in [0.1, 0.15) is 0 Å². The third kappa shape index (κ3) is 3.79. The SMILES string of the molecule is O=C(O)N1Cc2ccccc2N(Cc2cnc[nH]2)CC1Cc1ccccc1. The van der Waals surface area contributed by atoms with Crippen molar-refractivity contribution in [2.45, 2.75) is 25.6 Å². The molecule has 0 fully saturated rings. The predicted molar refractivity (Wildman–Crippen MR) is 104 cm³/mol. The highest BCUT2D eigenvalue weighted by atomic mass is 16.4. The number of carbonyl (C=O) groups is 1. The van der Waals surface area contributed by atoms with Crippen LogP contribution in [0.5, 0.6) is 0 Å². The molecule has 0 radical (unpaired) electrons. The van der Waals surface area contributed by atoms with Crippen LogP contribution in [0.4, 0.5) is 10.5 Å². The Hall–Kier alpha value is -3.28. The second-order valence-electron chi connectivity index (χ2n) is 6.84. The summed E-state index contributed by atoms with van der Waals surface area (Å²) in [5.74, 6) is 0. The number of nitrogens with zero attached hydrogens (tertiary/aromatic N) is 3. The molecule has 6 heteroatoms. The van der Waals surface area contributed by atoms with E-state index in [1.165, 1.54) is 0 Å². The molecule has 0 bridgehead atoms. The third-order valence-corrected chi connectivity index (χ3v) is 5.02. The number of rotatable bonds is 4. The zero-order valence-electron chi connectivity index (χ0n) is 15.0.